The Bertz CT molecular complexity index is 848. The van der Waals surface area contributed by atoms with Crippen molar-refractivity contribution >= 4 is 21.7 Å². The third-order valence-electron chi connectivity index (χ3n) is 3.89. The first kappa shape index (κ1) is 17.4. The van der Waals surface area contributed by atoms with Crippen molar-refractivity contribution in [3.8, 4) is 0 Å². The Morgan fingerprint density at radius 1 is 1.04 bits per heavy atom. The van der Waals surface area contributed by atoms with Gasteiger partial charge in [-0.05, 0) is 37.1 Å². The van der Waals surface area contributed by atoms with Gasteiger partial charge in [0.2, 0.25) is 10.0 Å². The molecule has 1 saturated heterocycles. The standard InChI is InChI=1S/C16H17FN4O3S/c17-12-4-6-14(18-10-12)16(22)20-15-7-5-13(11-19-15)25(23,24)21-8-2-1-3-9-21/h4-7,10-11H,1-3,8-9H2,(H,19,20,22). The molecular formula is C16H17FN4O3S. The smallest absolute Gasteiger partial charge is 0.275 e. The number of pyridine rings is 2. The summed E-state index contributed by atoms with van der Waals surface area (Å²) in [6.45, 7) is 1.02. The normalized spacial score (nSPS) is 15.7. The number of halogens is 1. The molecule has 3 rings (SSSR count). The summed E-state index contributed by atoms with van der Waals surface area (Å²) in [7, 11) is -3.56. The zero-order valence-electron chi connectivity index (χ0n) is 13.4. The van der Waals surface area contributed by atoms with Crippen molar-refractivity contribution in [1.29, 1.82) is 0 Å². The van der Waals surface area contributed by atoms with E-state index in [1.807, 2.05) is 0 Å². The van der Waals surface area contributed by atoms with Gasteiger partial charge in [-0.3, -0.25) is 4.79 Å². The lowest BCUT2D eigenvalue weighted by molar-refractivity contribution is 0.102. The highest BCUT2D eigenvalue weighted by atomic mass is 32.2. The van der Waals surface area contributed by atoms with Gasteiger partial charge in [-0.15, -0.1) is 0 Å². The van der Waals surface area contributed by atoms with Crippen LogP contribution in [-0.2, 0) is 10.0 Å². The lowest BCUT2D eigenvalue weighted by Crippen LogP contribution is -2.35. The summed E-state index contributed by atoms with van der Waals surface area (Å²) in [5.41, 5.74) is 0.0354. The van der Waals surface area contributed by atoms with Gasteiger partial charge in [-0.1, -0.05) is 6.42 Å². The number of amides is 1. The quantitative estimate of drug-likeness (QED) is 0.896. The molecule has 1 fully saturated rings. The number of hydrogen-bond donors (Lipinski definition) is 1. The molecule has 3 heterocycles. The van der Waals surface area contributed by atoms with Crippen molar-refractivity contribution in [2.24, 2.45) is 0 Å². The summed E-state index contributed by atoms with van der Waals surface area (Å²) in [4.78, 5) is 19.7. The molecule has 9 heteroatoms. The molecule has 0 atom stereocenters. The predicted octanol–water partition coefficient (Wildman–Crippen LogP) is 2.04. The van der Waals surface area contributed by atoms with Crippen LogP contribution in [-0.4, -0.2) is 41.7 Å². The van der Waals surface area contributed by atoms with Gasteiger partial charge in [0.1, 0.15) is 22.2 Å². The van der Waals surface area contributed by atoms with E-state index in [9.17, 15) is 17.6 Å². The van der Waals surface area contributed by atoms with Gasteiger partial charge in [-0.25, -0.2) is 22.8 Å². The van der Waals surface area contributed by atoms with Gasteiger partial charge in [-0.2, -0.15) is 4.31 Å². The van der Waals surface area contributed by atoms with Crippen LogP contribution in [0.3, 0.4) is 0 Å². The molecule has 2 aromatic heterocycles. The molecule has 0 saturated carbocycles. The second-order valence-corrected chi connectivity index (χ2v) is 7.60. The van der Waals surface area contributed by atoms with Crippen molar-refractivity contribution < 1.29 is 17.6 Å². The van der Waals surface area contributed by atoms with E-state index in [4.69, 9.17) is 0 Å². The van der Waals surface area contributed by atoms with Crippen molar-refractivity contribution in [1.82, 2.24) is 14.3 Å². The van der Waals surface area contributed by atoms with E-state index in [-0.39, 0.29) is 16.4 Å². The second kappa shape index (κ2) is 7.24. The molecule has 132 valence electrons. The van der Waals surface area contributed by atoms with Crippen LogP contribution < -0.4 is 5.32 Å². The molecule has 0 bridgehead atoms. The molecule has 7 nitrogen and oxygen atoms in total. The summed E-state index contributed by atoms with van der Waals surface area (Å²) < 4.78 is 39.3. The second-order valence-electron chi connectivity index (χ2n) is 5.66. The Morgan fingerprint density at radius 2 is 1.80 bits per heavy atom. The Labute approximate surface area is 145 Å². The minimum absolute atomic E-state index is 0.0354. The zero-order valence-corrected chi connectivity index (χ0v) is 14.2. The van der Waals surface area contributed by atoms with E-state index in [2.05, 4.69) is 15.3 Å². The fraction of sp³-hybridized carbons (Fsp3) is 0.312. The van der Waals surface area contributed by atoms with E-state index in [1.54, 1.807) is 0 Å². The van der Waals surface area contributed by atoms with E-state index in [1.165, 1.54) is 28.7 Å². The SMILES string of the molecule is O=C(Nc1ccc(S(=O)(=O)N2CCCCC2)cn1)c1ccc(F)cn1. The number of nitrogens with one attached hydrogen (secondary N) is 1. The van der Waals surface area contributed by atoms with E-state index >= 15 is 0 Å². The fourth-order valence-corrected chi connectivity index (χ4v) is 4.01. The number of hydrogen-bond acceptors (Lipinski definition) is 5. The average Bonchev–Trinajstić information content (AvgIpc) is 2.63. The first-order chi connectivity index (χ1) is 12.0. The molecule has 2 aromatic rings. The van der Waals surface area contributed by atoms with Crippen LogP contribution in [0.2, 0.25) is 0 Å². The number of piperidine rings is 1. The van der Waals surface area contributed by atoms with Crippen LogP contribution in [0.25, 0.3) is 0 Å². The lowest BCUT2D eigenvalue weighted by Gasteiger charge is -2.25. The Morgan fingerprint density at radius 3 is 2.40 bits per heavy atom. The zero-order chi connectivity index (χ0) is 17.9. The van der Waals surface area contributed by atoms with Crippen molar-refractivity contribution in [3.63, 3.8) is 0 Å². The number of anilines is 1. The third kappa shape index (κ3) is 3.99. The molecule has 0 radical (unpaired) electrons. The monoisotopic (exact) mass is 364 g/mol. The number of aromatic nitrogens is 2. The highest BCUT2D eigenvalue weighted by Gasteiger charge is 2.26. The first-order valence-electron chi connectivity index (χ1n) is 7.86. The predicted molar refractivity (Wildman–Crippen MR) is 89.0 cm³/mol. The average molecular weight is 364 g/mol. The molecule has 0 unspecified atom stereocenters. The van der Waals surface area contributed by atoms with Crippen molar-refractivity contribution in [2.45, 2.75) is 24.2 Å². The highest BCUT2D eigenvalue weighted by Crippen LogP contribution is 2.20. The fourth-order valence-electron chi connectivity index (χ4n) is 2.55. The minimum atomic E-state index is -3.56. The van der Waals surface area contributed by atoms with Crippen LogP contribution in [0, 0.1) is 5.82 Å². The number of sulfonamides is 1. The minimum Gasteiger partial charge on any atom is -0.305 e. The third-order valence-corrected chi connectivity index (χ3v) is 5.77. The number of rotatable bonds is 4. The van der Waals surface area contributed by atoms with E-state index in [0.29, 0.717) is 13.1 Å². The Balaban J connectivity index is 1.71. The molecular weight excluding hydrogens is 347 g/mol. The van der Waals surface area contributed by atoms with Gasteiger partial charge in [0, 0.05) is 19.3 Å². The molecule has 0 spiro atoms. The molecule has 1 N–H and O–H groups in total. The number of carbonyl (C=O) groups excluding carboxylic acids is 1. The Hall–Kier alpha value is -2.39. The van der Waals surface area contributed by atoms with Crippen molar-refractivity contribution in [2.75, 3.05) is 18.4 Å². The Kier molecular flexibility index (Phi) is 5.05. The van der Waals surface area contributed by atoms with Gasteiger partial charge in [0.15, 0.2) is 0 Å². The molecule has 1 amide bonds. The van der Waals surface area contributed by atoms with Crippen LogP contribution in [0.4, 0.5) is 10.2 Å². The topological polar surface area (TPSA) is 92.3 Å². The van der Waals surface area contributed by atoms with Crippen LogP contribution >= 0.6 is 0 Å². The molecule has 0 aliphatic carbocycles. The molecule has 25 heavy (non-hydrogen) atoms. The number of nitrogens with zero attached hydrogens (tertiary/aromatic N) is 3. The number of carbonyl (C=O) groups is 1. The van der Waals surface area contributed by atoms with E-state index < -0.39 is 21.7 Å². The first-order valence-corrected chi connectivity index (χ1v) is 9.30. The summed E-state index contributed by atoms with van der Waals surface area (Å²) in [5, 5.41) is 2.49. The van der Waals surface area contributed by atoms with Gasteiger partial charge in [0.25, 0.3) is 5.91 Å². The maximum Gasteiger partial charge on any atom is 0.275 e. The summed E-state index contributed by atoms with van der Waals surface area (Å²) in [5.74, 6) is -0.908. The summed E-state index contributed by atoms with van der Waals surface area (Å²) >= 11 is 0. The molecule has 0 aromatic carbocycles. The molecule has 1 aliphatic rings. The van der Waals surface area contributed by atoms with Gasteiger partial charge in [0.05, 0.1) is 6.20 Å². The van der Waals surface area contributed by atoms with Crippen LogP contribution in [0.15, 0.2) is 41.6 Å². The van der Waals surface area contributed by atoms with Crippen molar-refractivity contribution in [3.05, 3.63) is 48.2 Å². The lowest BCUT2D eigenvalue weighted by atomic mass is 10.2. The van der Waals surface area contributed by atoms with Crippen LogP contribution in [0.1, 0.15) is 29.8 Å². The van der Waals surface area contributed by atoms with Crippen LogP contribution in [0.5, 0.6) is 0 Å². The summed E-state index contributed by atoms with van der Waals surface area (Å²) in [6, 6.07) is 5.20. The van der Waals surface area contributed by atoms with Gasteiger partial charge >= 0.3 is 0 Å². The highest BCUT2D eigenvalue weighted by molar-refractivity contribution is 7.89. The largest absolute Gasteiger partial charge is 0.305 e. The van der Waals surface area contributed by atoms with E-state index in [0.717, 1.165) is 31.5 Å². The molecule has 1 aliphatic heterocycles. The summed E-state index contributed by atoms with van der Waals surface area (Å²) in [6.07, 6.45) is 4.90. The maximum absolute atomic E-state index is 12.8. The maximum atomic E-state index is 12.8. The van der Waals surface area contributed by atoms with Gasteiger partial charge < -0.3 is 5.32 Å².